The Bertz CT molecular complexity index is 1120. The number of aromatic nitrogens is 1. The monoisotopic (exact) mass is 545 g/mol. The van der Waals surface area contributed by atoms with E-state index in [9.17, 15) is 27.9 Å². The average molecular weight is 546 g/mol. The van der Waals surface area contributed by atoms with Gasteiger partial charge in [-0.3, -0.25) is 14.5 Å². The second-order valence-corrected chi connectivity index (χ2v) is 10.8. The number of aliphatic carboxylic acids is 1. The van der Waals surface area contributed by atoms with E-state index in [0.29, 0.717) is 4.91 Å². The summed E-state index contributed by atoms with van der Waals surface area (Å²) in [6, 6.07) is -1.06. The maximum absolute atomic E-state index is 12.6. The molecule has 14 nitrogen and oxygen atoms in total. The molecule has 3 heterocycles. The van der Waals surface area contributed by atoms with E-state index < -0.39 is 45.1 Å². The van der Waals surface area contributed by atoms with Gasteiger partial charge in [-0.15, -0.1) is 34.9 Å². The quantitative estimate of drug-likeness (QED) is 0.0489. The maximum atomic E-state index is 12.6. The van der Waals surface area contributed by atoms with Crippen molar-refractivity contribution in [2.75, 3.05) is 23.8 Å². The SMILES string of the molecule is Nc1nc(/C(=N/O)C(=O)NC2C(=O)N3C(C(=O)[O-])=C(SCCNS(N)(=O)=O)CS[C@H]23)cs1.[Na+]. The van der Waals surface area contributed by atoms with Crippen LogP contribution in [0.3, 0.4) is 0 Å². The minimum Gasteiger partial charge on any atom is -0.543 e. The number of nitrogens with one attached hydrogen (secondary N) is 2. The van der Waals surface area contributed by atoms with Crippen LogP contribution in [0.25, 0.3) is 0 Å². The number of nitrogens with zero attached hydrogens (tertiary/aromatic N) is 3. The zero-order chi connectivity index (χ0) is 23.6. The van der Waals surface area contributed by atoms with Crippen molar-refractivity contribution in [1.29, 1.82) is 0 Å². The molecule has 33 heavy (non-hydrogen) atoms. The normalized spacial score (nSPS) is 20.6. The molecule has 0 spiro atoms. The Morgan fingerprint density at radius 2 is 2.15 bits per heavy atom. The van der Waals surface area contributed by atoms with Gasteiger partial charge in [-0.2, -0.15) is 8.42 Å². The Hall–Kier alpha value is -1.38. The van der Waals surface area contributed by atoms with Crippen LogP contribution in [0.4, 0.5) is 5.13 Å². The number of hydrogen-bond donors (Lipinski definition) is 5. The molecule has 1 saturated heterocycles. The van der Waals surface area contributed by atoms with E-state index in [0.717, 1.165) is 28.0 Å². The van der Waals surface area contributed by atoms with Gasteiger partial charge >= 0.3 is 29.6 Å². The summed E-state index contributed by atoms with van der Waals surface area (Å²) in [6.07, 6.45) is 0. The summed E-state index contributed by atoms with van der Waals surface area (Å²) in [5.41, 5.74) is 4.75. The van der Waals surface area contributed by atoms with E-state index in [1.165, 1.54) is 17.1 Å². The zero-order valence-electron chi connectivity index (χ0n) is 16.9. The molecule has 2 aliphatic heterocycles. The number of fused-ring (bicyclic) bond motifs is 1. The van der Waals surface area contributed by atoms with Crippen molar-refractivity contribution in [1.82, 2.24) is 19.9 Å². The van der Waals surface area contributed by atoms with Crippen LogP contribution in [0.1, 0.15) is 5.69 Å². The fourth-order valence-corrected chi connectivity index (χ4v) is 6.43. The van der Waals surface area contributed by atoms with Gasteiger partial charge in [0.15, 0.2) is 10.8 Å². The van der Waals surface area contributed by atoms with Gasteiger partial charge in [0.1, 0.15) is 17.1 Å². The first-order valence-corrected chi connectivity index (χ1v) is 13.0. The third-order valence-corrected chi connectivity index (χ3v) is 8.01. The molecule has 1 aromatic heterocycles. The van der Waals surface area contributed by atoms with Gasteiger partial charge in [0.05, 0.1) is 11.7 Å². The van der Waals surface area contributed by atoms with Crippen molar-refractivity contribution < 1.29 is 62.7 Å². The maximum Gasteiger partial charge on any atom is 1.00 e. The van der Waals surface area contributed by atoms with Gasteiger partial charge in [-0.05, 0) is 0 Å². The molecule has 0 aliphatic carbocycles. The average Bonchev–Trinajstić information content (AvgIpc) is 3.14. The number of thiazole rings is 1. The molecule has 3 rings (SSSR count). The van der Waals surface area contributed by atoms with Crippen molar-refractivity contribution >= 4 is 73.7 Å². The second-order valence-electron chi connectivity index (χ2n) is 6.23. The van der Waals surface area contributed by atoms with E-state index in [1.54, 1.807) is 0 Å². The van der Waals surface area contributed by atoms with Crippen molar-refractivity contribution in [3.63, 3.8) is 0 Å². The van der Waals surface area contributed by atoms with Crippen molar-refractivity contribution in [2.45, 2.75) is 11.4 Å². The summed E-state index contributed by atoms with van der Waals surface area (Å²) in [7, 11) is -3.88. The molecular formula is C14H16N7NaO7S4. The molecule has 1 fully saturated rings. The van der Waals surface area contributed by atoms with Crippen LogP contribution in [-0.4, -0.2) is 76.5 Å². The molecule has 2 atom stereocenters. The van der Waals surface area contributed by atoms with E-state index in [-0.39, 0.29) is 64.1 Å². The number of thioether (sulfide) groups is 2. The summed E-state index contributed by atoms with van der Waals surface area (Å²) < 4.78 is 23.9. The number of carboxylic acids is 1. The predicted molar refractivity (Wildman–Crippen MR) is 115 cm³/mol. The molecule has 0 saturated carbocycles. The van der Waals surface area contributed by atoms with Gasteiger partial charge in [-0.1, -0.05) is 5.16 Å². The predicted octanol–water partition coefficient (Wildman–Crippen LogP) is -6.20. The van der Waals surface area contributed by atoms with E-state index in [1.807, 2.05) is 0 Å². The number of rotatable bonds is 9. The molecule has 0 bridgehead atoms. The molecule has 2 amide bonds. The van der Waals surface area contributed by atoms with Crippen LogP contribution in [0, 0.1) is 0 Å². The van der Waals surface area contributed by atoms with Crippen molar-refractivity contribution in [3.8, 4) is 0 Å². The Morgan fingerprint density at radius 1 is 1.45 bits per heavy atom. The number of hydrogen-bond acceptors (Lipinski definition) is 13. The first-order chi connectivity index (χ1) is 15.0. The van der Waals surface area contributed by atoms with E-state index in [2.05, 4.69) is 20.2 Å². The number of carbonyl (C=O) groups is 3. The molecule has 2 aliphatic rings. The topological polar surface area (TPSA) is 233 Å². The van der Waals surface area contributed by atoms with Crippen LogP contribution in [0.5, 0.6) is 0 Å². The zero-order valence-corrected chi connectivity index (χ0v) is 22.1. The first kappa shape index (κ1) is 27.9. The number of carboxylic acid groups (broad SMARTS) is 1. The fraction of sp³-hybridized carbons (Fsp3) is 0.357. The summed E-state index contributed by atoms with van der Waals surface area (Å²) in [6.45, 7) is -0.0432. The Kier molecular flexibility index (Phi) is 9.59. The number of nitrogens with two attached hydrogens (primary N) is 2. The van der Waals surface area contributed by atoms with Crippen molar-refractivity contribution in [3.05, 3.63) is 21.7 Å². The molecule has 1 aromatic rings. The standard InChI is InChI=1S/C14H17N7O7S4.Na/c15-14-18-5(3-31-14)7(20-26)10(22)19-8-11(23)21-9(13(24)25)6(4-30-12(8)21)29-2-1-17-32(16,27)28;/h3,8,12,17,26H,1-2,4H2,(H2,15,18)(H,19,22)(H,24,25)(H2,16,27,28);/q;+1/p-1/b20-7-;/t8?,12-;/m1./s1. The fourth-order valence-electron chi connectivity index (χ4n) is 2.87. The van der Waals surface area contributed by atoms with Crippen LogP contribution in [-0.2, 0) is 24.6 Å². The third-order valence-electron chi connectivity index (χ3n) is 4.17. The third kappa shape index (κ3) is 6.40. The summed E-state index contributed by atoms with van der Waals surface area (Å²) in [5.74, 6) is -2.79. The van der Waals surface area contributed by atoms with Gasteiger partial charge < -0.3 is 26.2 Å². The number of β-lactam (4-membered cyclic amide) rings is 1. The number of anilines is 1. The number of amides is 2. The molecule has 0 radical (unpaired) electrons. The molecular weight excluding hydrogens is 529 g/mol. The number of carbonyl (C=O) groups excluding carboxylic acids is 3. The van der Waals surface area contributed by atoms with Crippen LogP contribution in [0.2, 0.25) is 0 Å². The Morgan fingerprint density at radius 3 is 2.70 bits per heavy atom. The molecule has 0 aromatic carbocycles. The summed E-state index contributed by atoms with van der Waals surface area (Å²) in [4.78, 5) is 41.9. The van der Waals surface area contributed by atoms with Gasteiger partial charge in [0.25, 0.3) is 22.0 Å². The molecule has 19 heteroatoms. The second kappa shape index (κ2) is 11.4. The molecule has 1 unspecified atom stereocenters. The van der Waals surface area contributed by atoms with Crippen LogP contribution >= 0.6 is 34.9 Å². The van der Waals surface area contributed by atoms with E-state index in [4.69, 9.17) is 16.1 Å². The van der Waals surface area contributed by atoms with Gasteiger partial charge in [-0.25, -0.2) is 14.8 Å². The van der Waals surface area contributed by atoms with Gasteiger partial charge in [0, 0.05) is 28.3 Å². The smallest absolute Gasteiger partial charge is 0.543 e. The van der Waals surface area contributed by atoms with Crippen LogP contribution < -0.4 is 55.6 Å². The van der Waals surface area contributed by atoms with Crippen LogP contribution in [0.15, 0.2) is 21.1 Å². The summed E-state index contributed by atoms with van der Waals surface area (Å²) in [5, 5.41) is 31.9. The molecule has 7 N–H and O–H groups in total. The number of oxime groups is 1. The Labute approximate surface area is 222 Å². The minimum absolute atomic E-state index is 0. The largest absolute Gasteiger partial charge is 1.00 e. The summed E-state index contributed by atoms with van der Waals surface area (Å²) >= 11 is 3.27. The first-order valence-electron chi connectivity index (χ1n) is 8.57. The minimum atomic E-state index is -3.88. The molecule has 174 valence electrons. The number of nitrogen functional groups attached to an aromatic ring is 1. The van der Waals surface area contributed by atoms with Crippen molar-refractivity contribution in [2.24, 2.45) is 10.3 Å². The van der Waals surface area contributed by atoms with Gasteiger partial charge in [0.2, 0.25) is 0 Å². The Balaban J connectivity index is 0.00000385. The van der Waals surface area contributed by atoms with E-state index >= 15 is 0 Å².